The summed E-state index contributed by atoms with van der Waals surface area (Å²) in [6.07, 6.45) is 1.42. The molecule has 1 N–H and O–H groups in total. The summed E-state index contributed by atoms with van der Waals surface area (Å²) in [7, 11) is 0. The second-order valence-corrected chi connectivity index (χ2v) is 6.06. The Balaban J connectivity index is 1.82. The number of aromatic nitrogens is 1. The van der Waals surface area contributed by atoms with E-state index in [-0.39, 0.29) is 12.1 Å². The highest BCUT2D eigenvalue weighted by atomic mass is 16.6. The zero-order valence-electron chi connectivity index (χ0n) is 12.8. The Kier molecular flexibility index (Phi) is 5.01. The highest BCUT2D eigenvalue weighted by molar-refractivity contribution is 5.68. The lowest BCUT2D eigenvalue weighted by Crippen LogP contribution is -2.55. The summed E-state index contributed by atoms with van der Waals surface area (Å²) in [5.74, 6) is 0.591. The van der Waals surface area contributed by atoms with Crippen LogP contribution in [0.25, 0.3) is 0 Å². The van der Waals surface area contributed by atoms with Gasteiger partial charge in [0.1, 0.15) is 12.2 Å². The fourth-order valence-corrected chi connectivity index (χ4v) is 2.05. The average Bonchev–Trinajstić information content (AvgIpc) is 2.45. The standard InChI is InChI=1S/C15H23N3O3/c1-15(2,3)21-14(19)18-9-8-16-12(10-18)11-20-13-6-4-5-7-17-13/h4-7,12,16H,8-11H2,1-3H3/t12-/m0/s1. The van der Waals surface area contributed by atoms with E-state index in [1.165, 1.54) is 0 Å². The second-order valence-electron chi connectivity index (χ2n) is 6.06. The minimum atomic E-state index is -0.470. The third-order valence-electron chi connectivity index (χ3n) is 2.98. The molecule has 1 amide bonds. The first-order chi connectivity index (χ1) is 9.94. The molecule has 6 nitrogen and oxygen atoms in total. The van der Waals surface area contributed by atoms with E-state index in [0.29, 0.717) is 25.6 Å². The molecule has 1 saturated heterocycles. The van der Waals surface area contributed by atoms with Crippen LogP contribution >= 0.6 is 0 Å². The summed E-state index contributed by atoms with van der Waals surface area (Å²) in [5.41, 5.74) is -0.470. The van der Waals surface area contributed by atoms with E-state index in [4.69, 9.17) is 9.47 Å². The van der Waals surface area contributed by atoms with Crippen molar-refractivity contribution in [2.24, 2.45) is 0 Å². The number of hydrogen-bond donors (Lipinski definition) is 1. The van der Waals surface area contributed by atoms with Gasteiger partial charge in [-0.15, -0.1) is 0 Å². The molecule has 1 atom stereocenters. The molecule has 0 unspecified atom stereocenters. The number of nitrogens with one attached hydrogen (secondary N) is 1. The Morgan fingerprint density at radius 1 is 1.48 bits per heavy atom. The molecular weight excluding hydrogens is 270 g/mol. The van der Waals surface area contributed by atoms with E-state index in [1.807, 2.05) is 39.0 Å². The van der Waals surface area contributed by atoms with Gasteiger partial charge in [0.2, 0.25) is 5.88 Å². The predicted octanol–water partition coefficient (Wildman–Crippen LogP) is 1.67. The Labute approximate surface area is 125 Å². The van der Waals surface area contributed by atoms with Gasteiger partial charge in [0.05, 0.1) is 6.04 Å². The summed E-state index contributed by atoms with van der Waals surface area (Å²) in [5, 5.41) is 3.33. The first-order valence-electron chi connectivity index (χ1n) is 7.19. The number of pyridine rings is 1. The molecule has 0 bridgehead atoms. The summed E-state index contributed by atoms with van der Waals surface area (Å²) < 4.78 is 11.0. The number of rotatable bonds is 3. The lowest BCUT2D eigenvalue weighted by Gasteiger charge is -2.34. The minimum Gasteiger partial charge on any atom is -0.476 e. The molecule has 116 valence electrons. The molecule has 1 fully saturated rings. The predicted molar refractivity (Wildman–Crippen MR) is 79.3 cm³/mol. The number of carbonyl (C=O) groups excluding carboxylic acids is 1. The smallest absolute Gasteiger partial charge is 0.410 e. The number of hydrogen-bond acceptors (Lipinski definition) is 5. The van der Waals surface area contributed by atoms with Crippen molar-refractivity contribution in [3.05, 3.63) is 24.4 Å². The van der Waals surface area contributed by atoms with Crippen molar-refractivity contribution in [3.8, 4) is 5.88 Å². The molecule has 6 heteroatoms. The summed E-state index contributed by atoms with van der Waals surface area (Å²) >= 11 is 0. The number of nitrogens with zero attached hydrogens (tertiary/aromatic N) is 2. The van der Waals surface area contributed by atoms with Gasteiger partial charge in [-0.2, -0.15) is 0 Å². The van der Waals surface area contributed by atoms with Crippen LogP contribution in [0.4, 0.5) is 4.79 Å². The summed E-state index contributed by atoms with van der Waals surface area (Å²) in [6.45, 7) is 8.03. The van der Waals surface area contributed by atoms with Gasteiger partial charge in [-0.3, -0.25) is 0 Å². The summed E-state index contributed by atoms with van der Waals surface area (Å²) in [6, 6.07) is 5.61. The Hall–Kier alpha value is -1.82. The van der Waals surface area contributed by atoms with E-state index in [0.717, 1.165) is 6.54 Å². The molecule has 0 aromatic carbocycles. The molecule has 0 radical (unpaired) electrons. The van der Waals surface area contributed by atoms with Crippen LogP contribution in [0.2, 0.25) is 0 Å². The molecular formula is C15H23N3O3. The van der Waals surface area contributed by atoms with Crippen LogP contribution in [0.1, 0.15) is 20.8 Å². The van der Waals surface area contributed by atoms with Gasteiger partial charge in [0.15, 0.2) is 0 Å². The Bertz CT molecular complexity index is 459. The Morgan fingerprint density at radius 2 is 2.29 bits per heavy atom. The number of ether oxygens (including phenoxy) is 2. The van der Waals surface area contributed by atoms with Gasteiger partial charge < -0.3 is 19.7 Å². The highest BCUT2D eigenvalue weighted by Crippen LogP contribution is 2.12. The second kappa shape index (κ2) is 6.76. The van der Waals surface area contributed by atoms with Gasteiger partial charge in [-0.25, -0.2) is 9.78 Å². The maximum atomic E-state index is 12.1. The van der Waals surface area contributed by atoms with Crippen molar-refractivity contribution in [2.75, 3.05) is 26.2 Å². The van der Waals surface area contributed by atoms with Crippen LogP contribution in [0.3, 0.4) is 0 Å². The molecule has 0 spiro atoms. The molecule has 2 rings (SSSR count). The van der Waals surface area contributed by atoms with Crippen LogP contribution in [-0.2, 0) is 4.74 Å². The van der Waals surface area contributed by atoms with Gasteiger partial charge in [-0.05, 0) is 26.8 Å². The van der Waals surface area contributed by atoms with Crippen molar-refractivity contribution >= 4 is 6.09 Å². The van der Waals surface area contributed by atoms with Crippen molar-refractivity contribution in [3.63, 3.8) is 0 Å². The van der Waals surface area contributed by atoms with Crippen molar-refractivity contribution in [1.82, 2.24) is 15.2 Å². The third-order valence-corrected chi connectivity index (χ3v) is 2.98. The molecule has 0 aliphatic carbocycles. The SMILES string of the molecule is CC(C)(C)OC(=O)N1CCN[C@H](COc2ccccn2)C1. The highest BCUT2D eigenvalue weighted by Gasteiger charge is 2.27. The van der Waals surface area contributed by atoms with Crippen molar-refractivity contribution in [2.45, 2.75) is 32.4 Å². The Morgan fingerprint density at radius 3 is 2.95 bits per heavy atom. The molecule has 21 heavy (non-hydrogen) atoms. The van der Waals surface area contributed by atoms with Crippen LogP contribution in [0, 0.1) is 0 Å². The normalized spacial score (nSPS) is 19.2. The monoisotopic (exact) mass is 293 g/mol. The largest absolute Gasteiger partial charge is 0.476 e. The van der Waals surface area contributed by atoms with Crippen LogP contribution in [-0.4, -0.2) is 53.9 Å². The number of piperazine rings is 1. The van der Waals surface area contributed by atoms with Crippen LogP contribution in [0.5, 0.6) is 5.88 Å². The topological polar surface area (TPSA) is 63.7 Å². The van der Waals surface area contributed by atoms with Crippen molar-refractivity contribution in [1.29, 1.82) is 0 Å². The van der Waals surface area contributed by atoms with E-state index in [1.54, 1.807) is 11.1 Å². The lowest BCUT2D eigenvalue weighted by molar-refractivity contribution is 0.0177. The van der Waals surface area contributed by atoms with Gasteiger partial charge in [-0.1, -0.05) is 6.07 Å². The van der Waals surface area contributed by atoms with E-state index in [9.17, 15) is 4.79 Å². The minimum absolute atomic E-state index is 0.0771. The zero-order chi connectivity index (χ0) is 15.3. The molecule has 1 aliphatic rings. The van der Waals surface area contributed by atoms with Crippen LogP contribution < -0.4 is 10.1 Å². The first kappa shape index (κ1) is 15.6. The molecule has 1 aromatic rings. The number of amides is 1. The summed E-state index contributed by atoms with van der Waals surface area (Å²) in [4.78, 5) is 17.9. The van der Waals surface area contributed by atoms with E-state index < -0.39 is 5.60 Å². The molecule has 1 aliphatic heterocycles. The first-order valence-corrected chi connectivity index (χ1v) is 7.19. The number of carbonyl (C=O) groups is 1. The fourth-order valence-electron chi connectivity index (χ4n) is 2.05. The maximum absolute atomic E-state index is 12.1. The van der Waals surface area contributed by atoms with Gasteiger partial charge in [0.25, 0.3) is 0 Å². The van der Waals surface area contributed by atoms with Gasteiger partial charge >= 0.3 is 6.09 Å². The molecule has 2 heterocycles. The maximum Gasteiger partial charge on any atom is 0.410 e. The van der Waals surface area contributed by atoms with E-state index >= 15 is 0 Å². The molecule has 0 saturated carbocycles. The van der Waals surface area contributed by atoms with Crippen molar-refractivity contribution < 1.29 is 14.3 Å². The quantitative estimate of drug-likeness (QED) is 0.918. The lowest BCUT2D eigenvalue weighted by atomic mass is 10.2. The van der Waals surface area contributed by atoms with Crippen LogP contribution in [0.15, 0.2) is 24.4 Å². The third kappa shape index (κ3) is 5.23. The van der Waals surface area contributed by atoms with Gasteiger partial charge in [0, 0.05) is 31.9 Å². The fraction of sp³-hybridized carbons (Fsp3) is 0.600. The van der Waals surface area contributed by atoms with E-state index in [2.05, 4.69) is 10.3 Å². The molecule has 1 aromatic heterocycles. The zero-order valence-corrected chi connectivity index (χ0v) is 12.8. The average molecular weight is 293 g/mol.